The fourth-order valence-electron chi connectivity index (χ4n) is 3.92. The SMILES string of the molecule is CCC(C)NC(=O)C(CC)N(Cc1ccc(OC)cc1)C(=O)CCCN(c1cccc(Cl)c1)S(C)(=O)=O. The Morgan fingerprint density at radius 1 is 1.08 bits per heavy atom. The molecule has 0 saturated carbocycles. The average molecular weight is 552 g/mol. The number of amides is 2. The monoisotopic (exact) mass is 551 g/mol. The zero-order valence-electron chi connectivity index (χ0n) is 22.2. The lowest BCUT2D eigenvalue weighted by Crippen LogP contribution is -2.50. The molecular formula is C27H38ClN3O5S. The molecule has 0 aliphatic rings. The largest absolute Gasteiger partial charge is 0.497 e. The van der Waals surface area contributed by atoms with Gasteiger partial charge in [-0.25, -0.2) is 8.42 Å². The third kappa shape index (κ3) is 9.23. The molecule has 2 atom stereocenters. The number of hydrogen-bond acceptors (Lipinski definition) is 5. The quantitative estimate of drug-likeness (QED) is 0.370. The molecule has 0 aliphatic carbocycles. The van der Waals surface area contributed by atoms with Crippen LogP contribution in [0.15, 0.2) is 48.5 Å². The van der Waals surface area contributed by atoms with Gasteiger partial charge in [-0.2, -0.15) is 0 Å². The normalized spacial score (nSPS) is 12.9. The molecule has 0 aromatic heterocycles. The Bertz CT molecular complexity index is 1140. The van der Waals surface area contributed by atoms with Crippen LogP contribution in [-0.4, -0.2) is 57.1 Å². The summed E-state index contributed by atoms with van der Waals surface area (Å²) in [5, 5.41) is 3.41. The highest BCUT2D eigenvalue weighted by molar-refractivity contribution is 7.92. The summed E-state index contributed by atoms with van der Waals surface area (Å²) < 4.78 is 31.4. The molecule has 0 spiro atoms. The van der Waals surface area contributed by atoms with Gasteiger partial charge in [0.1, 0.15) is 11.8 Å². The Morgan fingerprint density at radius 2 is 1.76 bits per heavy atom. The summed E-state index contributed by atoms with van der Waals surface area (Å²) in [5.74, 6) is 0.280. The Morgan fingerprint density at radius 3 is 2.30 bits per heavy atom. The first-order valence-electron chi connectivity index (χ1n) is 12.5. The highest BCUT2D eigenvalue weighted by Gasteiger charge is 2.29. The Balaban J connectivity index is 2.23. The van der Waals surface area contributed by atoms with E-state index in [2.05, 4.69) is 5.32 Å². The second-order valence-corrected chi connectivity index (χ2v) is 11.4. The minimum Gasteiger partial charge on any atom is -0.497 e. The number of halogens is 1. The molecule has 2 amide bonds. The van der Waals surface area contributed by atoms with Gasteiger partial charge in [0.05, 0.1) is 19.1 Å². The zero-order chi connectivity index (χ0) is 27.6. The first-order valence-corrected chi connectivity index (χ1v) is 14.7. The summed E-state index contributed by atoms with van der Waals surface area (Å²) in [6.07, 6.45) is 2.70. The van der Waals surface area contributed by atoms with E-state index in [-0.39, 0.29) is 43.8 Å². The number of methoxy groups -OCH3 is 1. The van der Waals surface area contributed by atoms with Crippen molar-refractivity contribution in [3.05, 3.63) is 59.1 Å². The van der Waals surface area contributed by atoms with E-state index in [4.69, 9.17) is 16.3 Å². The summed E-state index contributed by atoms with van der Waals surface area (Å²) in [4.78, 5) is 28.2. The Hall–Kier alpha value is -2.78. The number of ether oxygens (including phenoxy) is 1. The molecule has 0 bridgehead atoms. The van der Waals surface area contributed by atoms with E-state index in [0.717, 1.165) is 18.2 Å². The maximum atomic E-state index is 13.5. The maximum Gasteiger partial charge on any atom is 0.243 e. The van der Waals surface area contributed by atoms with E-state index in [1.807, 2.05) is 45.0 Å². The summed E-state index contributed by atoms with van der Waals surface area (Å²) in [7, 11) is -2.00. The number of nitrogens with zero attached hydrogens (tertiary/aromatic N) is 2. The molecule has 0 radical (unpaired) electrons. The second kappa shape index (κ2) is 14.2. The topological polar surface area (TPSA) is 96.0 Å². The first kappa shape index (κ1) is 30.4. The van der Waals surface area contributed by atoms with Crippen molar-refractivity contribution in [3.8, 4) is 5.75 Å². The molecule has 0 heterocycles. The van der Waals surface area contributed by atoms with Crippen LogP contribution in [-0.2, 0) is 26.2 Å². The molecule has 8 nitrogen and oxygen atoms in total. The smallest absolute Gasteiger partial charge is 0.243 e. The Labute approximate surface area is 226 Å². The first-order chi connectivity index (χ1) is 17.5. The van der Waals surface area contributed by atoms with E-state index in [1.165, 1.54) is 4.31 Å². The molecule has 37 heavy (non-hydrogen) atoms. The van der Waals surface area contributed by atoms with Crippen LogP contribution in [0.3, 0.4) is 0 Å². The molecule has 1 N–H and O–H groups in total. The lowest BCUT2D eigenvalue weighted by molar-refractivity contribution is -0.141. The molecule has 0 fully saturated rings. The number of hydrogen-bond donors (Lipinski definition) is 1. The van der Waals surface area contributed by atoms with Crippen LogP contribution in [0.1, 0.15) is 52.0 Å². The third-order valence-electron chi connectivity index (χ3n) is 6.15. The van der Waals surface area contributed by atoms with E-state index in [9.17, 15) is 18.0 Å². The van der Waals surface area contributed by atoms with Crippen LogP contribution < -0.4 is 14.4 Å². The average Bonchev–Trinajstić information content (AvgIpc) is 2.85. The van der Waals surface area contributed by atoms with E-state index < -0.39 is 16.1 Å². The van der Waals surface area contributed by atoms with Gasteiger partial charge in [0.25, 0.3) is 0 Å². The third-order valence-corrected chi connectivity index (χ3v) is 7.58. The number of benzene rings is 2. The van der Waals surface area contributed by atoms with Gasteiger partial charge in [0.2, 0.25) is 21.8 Å². The summed E-state index contributed by atoms with van der Waals surface area (Å²) in [6, 6.07) is 13.3. The van der Waals surface area contributed by atoms with Gasteiger partial charge in [0.15, 0.2) is 0 Å². The predicted octanol–water partition coefficient (Wildman–Crippen LogP) is 4.62. The molecule has 0 saturated heterocycles. The fraction of sp³-hybridized carbons (Fsp3) is 0.481. The van der Waals surface area contributed by atoms with Crippen molar-refractivity contribution in [1.82, 2.24) is 10.2 Å². The molecule has 2 aromatic rings. The summed E-state index contributed by atoms with van der Waals surface area (Å²) in [5.41, 5.74) is 1.30. The van der Waals surface area contributed by atoms with Gasteiger partial charge < -0.3 is 15.0 Å². The highest BCUT2D eigenvalue weighted by atomic mass is 35.5. The van der Waals surface area contributed by atoms with Gasteiger partial charge in [0, 0.05) is 30.6 Å². The molecule has 2 aromatic carbocycles. The van der Waals surface area contributed by atoms with Gasteiger partial charge in [-0.05, 0) is 62.1 Å². The van der Waals surface area contributed by atoms with Crippen LogP contribution in [0, 0.1) is 0 Å². The van der Waals surface area contributed by atoms with E-state index in [0.29, 0.717) is 22.9 Å². The van der Waals surface area contributed by atoms with Crippen LogP contribution in [0.5, 0.6) is 5.75 Å². The van der Waals surface area contributed by atoms with Crippen molar-refractivity contribution >= 4 is 39.1 Å². The van der Waals surface area contributed by atoms with Crippen molar-refractivity contribution in [2.45, 2.75) is 65.1 Å². The fourth-order valence-corrected chi connectivity index (χ4v) is 5.07. The van der Waals surface area contributed by atoms with Crippen LogP contribution >= 0.6 is 11.6 Å². The van der Waals surface area contributed by atoms with Gasteiger partial charge in [-0.3, -0.25) is 13.9 Å². The minimum absolute atomic E-state index is 0.0134. The number of sulfonamides is 1. The van der Waals surface area contributed by atoms with Crippen molar-refractivity contribution in [1.29, 1.82) is 0 Å². The number of anilines is 1. The van der Waals surface area contributed by atoms with Crippen LogP contribution in [0.4, 0.5) is 5.69 Å². The standard InChI is InChI=1S/C27H38ClN3O5S/c1-6-20(3)29-27(33)25(7-2)30(19-21-13-15-24(36-4)16-14-21)26(32)12-9-17-31(37(5,34)35)23-11-8-10-22(28)18-23/h8,10-11,13-16,18,20,25H,6-7,9,12,17,19H2,1-5H3,(H,29,33). The zero-order valence-corrected chi connectivity index (χ0v) is 23.8. The van der Waals surface area contributed by atoms with Gasteiger partial charge in [-0.1, -0.05) is 43.6 Å². The maximum absolute atomic E-state index is 13.5. The van der Waals surface area contributed by atoms with Crippen LogP contribution in [0.25, 0.3) is 0 Å². The van der Waals surface area contributed by atoms with E-state index >= 15 is 0 Å². The van der Waals surface area contributed by atoms with Gasteiger partial charge >= 0.3 is 0 Å². The lowest BCUT2D eigenvalue weighted by atomic mass is 10.1. The van der Waals surface area contributed by atoms with Crippen molar-refractivity contribution in [2.24, 2.45) is 0 Å². The molecule has 2 rings (SSSR count). The lowest BCUT2D eigenvalue weighted by Gasteiger charge is -2.32. The second-order valence-electron chi connectivity index (χ2n) is 9.03. The number of carbonyl (C=O) groups excluding carboxylic acids is 2. The molecule has 10 heteroatoms. The van der Waals surface area contributed by atoms with Crippen molar-refractivity contribution < 1.29 is 22.7 Å². The number of rotatable bonds is 14. The summed E-state index contributed by atoms with van der Waals surface area (Å²) in [6.45, 7) is 6.14. The molecular weight excluding hydrogens is 514 g/mol. The Kier molecular flexibility index (Phi) is 11.7. The summed E-state index contributed by atoms with van der Waals surface area (Å²) >= 11 is 6.06. The predicted molar refractivity (Wildman–Crippen MR) is 148 cm³/mol. The molecule has 2 unspecified atom stereocenters. The highest BCUT2D eigenvalue weighted by Crippen LogP contribution is 2.23. The van der Waals surface area contributed by atoms with E-state index in [1.54, 1.807) is 36.3 Å². The number of carbonyl (C=O) groups is 2. The molecule has 0 aliphatic heterocycles. The van der Waals surface area contributed by atoms with Crippen molar-refractivity contribution in [2.75, 3.05) is 24.2 Å². The van der Waals surface area contributed by atoms with Crippen LogP contribution in [0.2, 0.25) is 5.02 Å². The minimum atomic E-state index is -3.59. The molecule has 204 valence electrons. The van der Waals surface area contributed by atoms with Crippen molar-refractivity contribution in [3.63, 3.8) is 0 Å². The van der Waals surface area contributed by atoms with Gasteiger partial charge in [-0.15, -0.1) is 0 Å². The number of nitrogens with one attached hydrogen (secondary N) is 1.